The van der Waals surface area contributed by atoms with Gasteiger partial charge in [-0.05, 0) is 6.07 Å². The minimum Gasteiger partial charge on any atom is -0.398 e. The molecule has 1 heterocycles. The molecule has 4 heteroatoms. The second kappa shape index (κ2) is 3.14. The third-order valence-electron chi connectivity index (χ3n) is 2.21. The minimum absolute atomic E-state index is 0.131. The molecule has 0 radical (unpaired) electrons. The molecule has 0 bridgehead atoms. The van der Waals surface area contributed by atoms with Crippen molar-refractivity contribution < 1.29 is 9.63 Å². The van der Waals surface area contributed by atoms with E-state index < -0.39 is 0 Å². The van der Waals surface area contributed by atoms with Gasteiger partial charge in [0.1, 0.15) is 7.11 Å². The van der Waals surface area contributed by atoms with Crippen LogP contribution in [0.3, 0.4) is 0 Å². The third-order valence-corrected chi connectivity index (χ3v) is 2.21. The SMILES string of the molecule is CO/N=C1/C(=O)N(C)c2ccccc21. The van der Waals surface area contributed by atoms with Gasteiger partial charge in [-0.15, -0.1) is 0 Å². The Balaban J connectivity index is 2.59. The lowest BCUT2D eigenvalue weighted by Crippen LogP contribution is -2.25. The third kappa shape index (κ3) is 1.08. The number of amides is 1. The summed E-state index contributed by atoms with van der Waals surface area (Å²) >= 11 is 0. The molecule has 72 valence electrons. The molecule has 0 fully saturated rings. The van der Waals surface area contributed by atoms with Crippen LogP contribution >= 0.6 is 0 Å². The number of carbonyl (C=O) groups is 1. The number of hydrogen-bond acceptors (Lipinski definition) is 3. The van der Waals surface area contributed by atoms with E-state index in [2.05, 4.69) is 9.99 Å². The van der Waals surface area contributed by atoms with Gasteiger partial charge in [0.05, 0.1) is 5.69 Å². The van der Waals surface area contributed by atoms with Crippen molar-refractivity contribution in [2.75, 3.05) is 19.1 Å². The number of benzene rings is 1. The molecule has 0 saturated carbocycles. The molecule has 1 aromatic rings. The van der Waals surface area contributed by atoms with Gasteiger partial charge in [0.25, 0.3) is 5.91 Å². The van der Waals surface area contributed by atoms with Crippen LogP contribution in [0.1, 0.15) is 5.56 Å². The lowest BCUT2D eigenvalue weighted by atomic mass is 10.1. The van der Waals surface area contributed by atoms with Gasteiger partial charge in [-0.1, -0.05) is 23.4 Å². The zero-order chi connectivity index (χ0) is 10.1. The number of anilines is 1. The monoisotopic (exact) mass is 190 g/mol. The predicted molar refractivity (Wildman–Crippen MR) is 53.4 cm³/mol. The van der Waals surface area contributed by atoms with Gasteiger partial charge in [0.15, 0.2) is 5.71 Å². The van der Waals surface area contributed by atoms with E-state index in [1.54, 1.807) is 11.9 Å². The van der Waals surface area contributed by atoms with Crippen LogP contribution in [0.5, 0.6) is 0 Å². The van der Waals surface area contributed by atoms with Gasteiger partial charge >= 0.3 is 0 Å². The summed E-state index contributed by atoms with van der Waals surface area (Å²) in [6.45, 7) is 0. The fourth-order valence-electron chi connectivity index (χ4n) is 1.53. The normalized spacial score (nSPS) is 17.4. The van der Waals surface area contributed by atoms with Crippen molar-refractivity contribution in [2.24, 2.45) is 5.16 Å². The molecule has 1 aliphatic heterocycles. The average Bonchev–Trinajstić information content (AvgIpc) is 2.45. The Kier molecular flexibility index (Phi) is 1.96. The average molecular weight is 190 g/mol. The van der Waals surface area contributed by atoms with E-state index in [1.807, 2.05) is 24.3 Å². The van der Waals surface area contributed by atoms with Crippen LogP contribution in [-0.2, 0) is 9.63 Å². The van der Waals surface area contributed by atoms with Crippen LogP contribution < -0.4 is 4.90 Å². The molecule has 1 amide bonds. The number of rotatable bonds is 1. The number of oxime groups is 1. The van der Waals surface area contributed by atoms with Crippen LogP contribution in [0.2, 0.25) is 0 Å². The Morgan fingerprint density at radius 1 is 1.36 bits per heavy atom. The standard InChI is InChI=1S/C10H10N2O2/c1-12-8-6-4-3-5-7(8)9(10(12)13)11-14-2/h3-6H,1-2H3/b11-9+. The van der Waals surface area contributed by atoms with Crippen molar-refractivity contribution in [3.05, 3.63) is 29.8 Å². The Labute approximate surface area is 81.8 Å². The minimum atomic E-state index is -0.131. The fraction of sp³-hybridized carbons (Fsp3) is 0.200. The molecule has 0 spiro atoms. The van der Waals surface area contributed by atoms with Gasteiger partial charge in [0, 0.05) is 12.6 Å². The van der Waals surface area contributed by atoms with Crippen LogP contribution in [-0.4, -0.2) is 25.8 Å². The smallest absolute Gasteiger partial charge is 0.280 e. The van der Waals surface area contributed by atoms with Crippen molar-refractivity contribution in [1.82, 2.24) is 0 Å². The molecule has 4 nitrogen and oxygen atoms in total. The maximum absolute atomic E-state index is 11.7. The van der Waals surface area contributed by atoms with Crippen molar-refractivity contribution in [1.29, 1.82) is 0 Å². The number of fused-ring (bicyclic) bond motifs is 1. The fourth-order valence-corrected chi connectivity index (χ4v) is 1.53. The molecular formula is C10H10N2O2. The topological polar surface area (TPSA) is 41.9 Å². The van der Waals surface area contributed by atoms with Gasteiger partial charge < -0.3 is 9.74 Å². The molecular weight excluding hydrogens is 180 g/mol. The van der Waals surface area contributed by atoms with Crippen LogP contribution in [0, 0.1) is 0 Å². The Hall–Kier alpha value is -1.84. The second-order valence-corrected chi connectivity index (χ2v) is 3.00. The molecule has 1 aromatic carbocycles. The first-order valence-corrected chi connectivity index (χ1v) is 4.24. The van der Waals surface area contributed by atoms with E-state index in [0.29, 0.717) is 5.71 Å². The second-order valence-electron chi connectivity index (χ2n) is 3.00. The number of para-hydroxylation sites is 1. The highest BCUT2D eigenvalue weighted by atomic mass is 16.6. The Morgan fingerprint density at radius 2 is 2.07 bits per heavy atom. The summed E-state index contributed by atoms with van der Waals surface area (Å²) in [5.41, 5.74) is 2.06. The van der Waals surface area contributed by atoms with Crippen LogP contribution in [0.25, 0.3) is 0 Å². The first kappa shape index (κ1) is 8.74. The maximum Gasteiger partial charge on any atom is 0.280 e. The molecule has 2 rings (SSSR count). The Bertz CT molecular complexity index is 412. The quantitative estimate of drug-likeness (QED) is 0.620. The van der Waals surface area contributed by atoms with Gasteiger partial charge in [-0.2, -0.15) is 0 Å². The van der Waals surface area contributed by atoms with Crippen molar-refractivity contribution in [3.8, 4) is 0 Å². The Morgan fingerprint density at radius 3 is 2.79 bits per heavy atom. The lowest BCUT2D eigenvalue weighted by molar-refractivity contribution is -0.112. The summed E-state index contributed by atoms with van der Waals surface area (Å²) in [6.07, 6.45) is 0. The molecule has 0 saturated heterocycles. The lowest BCUT2D eigenvalue weighted by Gasteiger charge is -2.07. The first-order valence-electron chi connectivity index (χ1n) is 4.24. The van der Waals surface area contributed by atoms with Crippen molar-refractivity contribution >= 4 is 17.3 Å². The van der Waals surface area contributed by atoms with Crippen molar-refractivity contribution in [3.63, 3.8) is 0 Å². The molecule has 14 heavy (non-hydrogen) atoms. The molecule has 0 atom stereocenters. The highest BCUT2D eigenvalue weighted by molar-refractivity contribution is 6.54. The van der Waals surface area contributed by atoms with Crippen LogP contribution in [0.4, 0.5) is 5.69 Å². The molecule has 1 aliphatic rings. The number of nitrogens with zero attached hydrogens (tertiary/aromatic N) is 2. The van der Waals surface area contributed by atoms with E-state index >= 15 is 0 Å². The summed E-state index contributed by atoms with van der Waals surface area (Å²) in [5.74, 6) is -0.131. The summed E-state index contributed by atoms with van der Waals surface area (Å²) < 4.78 is 0. The molecule has 0 aliphatic carbocycles. The number of hydrogen-bond donors (Lipinski definition) is 0. The molecule has 0 N–H and O–H groups in total. The van der Waals surface area contributed by atoms with Gasteiger partial charge in [-0.25, -0.2) is 0 Å². The van der Waals surface area contributed by atoms with E-state index in [4.69, 9.17) is 0 Å². The van der Waals surface area contributed by atoms with Gasteiger partial charge in [-0.3, -0.25) is 4.79 Å². The van der Waals surface area contributed by atoms with E-state index in [9.17, 15) is 4.79 Å². The highest BCUT2D eigenvalue weighted by Crippen LogP contribution is 2.27. The van der Waals surface area contributed by atoms with Gasteiger partial charge in [0.2, 0.25) is 0 Å². The molecule has 0 unspecified atom stereocenters. The largest absolute Gasteiger partial charge is 0.398 e. The van der Waals surface area contributed by atoms with E-state index in [-0.39, 0.29) is 5.91 Å². The number of likely N-dealkylation sites (N-methyl/N-ethyl adjacent to an activating group) is 1. The highest BCUT2D eigenvalue weighted by Gasteiger charge is 2.31. The maximum atomic E-state index is 11.7. The van der Waals surface area contributed by atoms with Crippen molar-refractivity contribution in [2.45, 2.75) is 0 Å². The summed E-state index contributed by atoms with van der Waals surface area (Å²) in [4.78, 5) is 17.9. The van der Waals surface area contributed by atoms with Crippen LogP contribution in [0.15, 0.2) is 29.4 Å². The molecule has 0 aromatic heterocycles. The zero-order valence-electron chi connectivity index (χ0n) is 8.02. The first-order chi connectivity index (χ1) is 6.75. The van der Waals surface area contributed by atoms with E-state index in [0.717, 1.165) is 11.3 Å². The van der Waals surface area contributed by atoms with E-state index in [1.165, 1.54) is 7.11 Å². The zero-order valence-corrected chi connectivity index (χ0v) is 8.02. The number of carbonyl (C=O) groups excluding carboxylic acids is 1. The summed E-state index contributed by atoms with van der Waals surface area (Å²) in [6, 6.07) is 7.49. The summed E-state index contributed by atoms with van der Waals surface area (Å²) in [5, 5.41) is 3.72. The predicted octanol–water partition coefficient (Wildman–Crippen LogP) is 1.01. The summed E-state index contributed by atoms with van der Waals surface area (Å²) in [7, 11) is 3.15.